The zero-order valence-electron chi connectivity index (χ0n) is 20.3. The molecule has 10 nitrogen and oxygen atoms in total. The summed E-state index contributed by atoms with van der Waals surface area (Å²) in [5.74, 6) is -0.555. The van der Waals surface area contributed by atoms with Crippen molar-refractivity contribution in [3.05, 3.63) is 93.0 Å². The molecule has 1 saturated heterocycles. The highest BCUT2D eigenvalue weighted by atomic mass is 35.5. The van der Waals surface area contributed by atoms with E-state index in [9.17, 15) is 19.7 Å². The molecule has 0 spiro atoms. The van der Waals surface area contributed by atoms with Gasteiger partial charge in [-0.2, -0.15) is 0 Å². The van der Waals surface area contributed by atoms with E-state index in [1.54, 1.807) is 12.1 Å². The zero-order chi connectivity index (χ0) is 27.2. The van der Waals surface area contributed by atoms with E-state index in [1.807, 2.05) is 41.3 Å². The fourth-order valence-electron chi connectivity index (χ4n) is 4.07. The molecule has 0 bridgehead atoms. The zero-order valence-corrected chi connectivity index (χ0v) is 21.9. The first kappa shape index (κ1) is 26.8. The number of rotatable bonds is 6. The summed E-state index contributed by atoms with van der Waals surface area (Å²) in [6.45, 7) is 2.41. The van der Waals surface area contributed by atoms with Crippen molar-refractivity contribution >= 4 is 57.8 Å². The number of nitrogens with zero attached hydrogens (tertiary/aromatic N) is 3. The maximum Gasteiger partial charge on any atom is 0.311 e. The lowest BCUT2D eigenvalue weighted by Gasteiger charge is -2.36. The summed E-state index contributed by atoms with van der Waals surface area (Å²) in [5.41, 5.74) is 1.78. The molecule has 4 rings (SSSR count). The van der Waals surface area contributed by atoms with Crippen LogP contribution in [0, 0.1) is 10.1 Å². The van der Waals surface area contributed by atoms with Gasteiger partial charge in [0.15, 0.2) is 10.9 Å². The van der Waals surface area contributed by atoms with E-state index in [4.69, 9.17) is 28.6 Å². The number of hydrogen-bond donors (Lipinski definition) is 2. The minimum atomic E-state index is -0.628. The number of methoxy groups -OCH3 is 1. The Hall–Kier alpha value is -4.22. The Morgan fingerprint density at radius 3 is 2.34 bits per heavy atom. The highest BCUT2D eigenvalue weighted by molar-refractivity contribution is 7.80. The third-order valence-corrected chi connectivity index (χ3v) is 6.51. The van der Waals surface area contributed by atoms with Crippen LogP contribution in [0.2, 0.25) is 5.02 Å². The SMILES string of the molecule is COc1ccc(C(=O)NC(=S)Nc2ccc(N3CCN(C(=O)c4ccccc4)CC3)c(Cl)c2)cc1[N+](=O)[O-]. The van der Waals surface area contributed by atoms with Crippen LogP contribution >= 0.6 is 23.8 Å². The largest absolute Gasteiger partial charge is 0.490 e. The van der Waals surface area contributed by atoms with E-state index < -0.39 is 10.8 Å². The summed E-state index contributed by atoms with van der Waals surface area (Å²) in [7, 11) is 1.31. The minimum Gasteiger partial charge on any atom is -0.490 e. The molecule has 3 aromatic rings. The average Bonchev–Trinajstić information content (AvgIpc) is 2.93. The molecule has 1 fully saturated rings. The van der Waals surface area contributed by atoms with Crippen LogP contribution in [0.5, 0.6) is 5.75 Å². The number of nitrogens with one attached hydrogen (secondary N) is 2. The maximum atomic E-state index is 12.7. The fourth-order valence-corrected chi connectivity index (χ4v) is 4.58. The Labute approximate surface area is 229 Å². The van der Waals surface area contributed by atoms with E-state index in [2.05, 4.69) is 15.5 Å². The van der Waals surface area contributed by atoms with Crippen molar-refractivity contribution in [3.8, 4) is 5.75 Å². The Morgan fingerprint density at radius 1 is 1.00 bits per heavy atom. The van der Waals surface area contributed by atoms with Gasteiger partial charge in [-0.15, -0.1) is 0 Å². The summed E-state index contributed by atoms with van der Waals surface area (Å²) in [5, 5.41) is 17.1. The van der Waals surface area contributed by atoms with Crippen LogP contribution in [0.25, 0.3) is 0 Å². The summed E-state index contributed by atoms with van der Waals surface area (Å²) >= 11 is 11.8. The Morgan fingerprint density at radius 2 is 1.71 bits per heavy atom. The van der Waals surface area contributed by atoms with Gasteiger partial charge in [-0.3, -0.25) is 25.0 Å². The number of carbonyl (C=O) groups excluding carboxylic acids is 2. The van der Waals surface area contributed by atoms with Crippen LogP contribution in [0.3, 0.4) is 0 Å². The summed E-state index contributed by atoms with van der Waals surface area (Å²) in [6, 6.07) is 18.4. The van der Waals surface area contributed by atoms with Gasteiger partial charge >= 0.3 is 5.69 Å². The third-order valence-electron chi connectivity index (χ3n) is 6.00. The summed E-state index contributed by atoms with van der Waals surface area (Å²) < 4.78 is 4.96. The molecule has 38 heavy (non-hydrogen) atoms. The van der Waals surface area contributed by atoms with Crippen molar-refractivity contribution in [2.75, 3.05) is 43.5 Å². The molecule has 2 N–H and O–H groups in total. The van der Waals surface area contributed by atoms with E-state index in [0.717, 1.165) is 11.8 Å². The first-order chi connectivity index (χ1) is 18.3. The predicted molar refractivity (Wildman–Crippen MR) is 149 cm³/mol. The number of thiocarbonyl (C=S) groups is 1. The topological polar surface area (TPSA) is 117 Å². The molecule has 2 amide bonds. The van der Waals surface area contributed by atoms with Crippen LogP contribution in [-0.4, -0.2) is 60.0 Å². The van der Waals surface area contributed by atoms with Crippen molar-refractivity contribution < 1.29 is 19.2 Å². The van der Waals surface area contributed by atoms with Crippen molar-refractivity contribution in [1.29, 1.82) is 0 Å². The Bertz CT molecular complexity index is 1380. The van der Waals surface area contributed by atoms with Crippen molar-refractivity contribution in [3.63, 3.8) is 0 Å². The number of nitro groups is 1. The van der Waals surface area contributed by atoms with Gasteiger partial charge in [-0.1, -0.05) is 29.8 Å². The van der Waals surface area contributed by atoms with Gasteiger partial charge in [-0.05, 0) is 54.7 Å². The van der Waals surface area contributed by atoms with Gasteiger partial charge in [0.25, 0.3) is 11.8 Å². The highest BCUT2D eigenvalue weighted by Crippen LogP contribution is 2.30. The number of ether oxygens (including phenoxy) is 1. The number of piperazine rings is 1. The number of carbonyl (C=O) groups is 2. The maximum absolute atomic E-state index is 12.7. The summed E-state index contributed by atoms with van der Waals surface area (Å²) in [4.78, 5) is 39.8. The molecule has 196 valence electrons. The number of anilines is 2. The van der Waals surface area contributed by atoms with E-state index in [0.29, 0.717) is 42.5 Å². The molecule has 0 saturated carbocycles. The predicted octanol–water partition coefficient (Wildman–Crippen LogP) is 4.35. The van der Waals surface area contributed by atoms with Crippen LogP contribution in [0.4, 0.5) is 17.1 Å². The smallest absolute Gasteiger partial charge is 0.311 e. The quantitative estimate of drug-likeness (QED) is 0.263. The lowest BCUT2D eigenvalue weighted by Crippen LogP contribution is -2.48. The average molecular weight is 554 g/mol. The normalized spacial score (nSPS) is 13.0. The molecule has 1 heterocycles. The molecule has 12 heteroatoms. The number of amides is 2. The lowest BCUT2D eigenvalue weighted by atomic mass is 10.1. The molecule has 0 aliphatic carbocycles. The molecule has 3 aromatic carbocycles. The highest BCUT2D eigenvalue weighted by Gasteiger charge is 2.23. The van der Waals surface area contributed by atoms with Gasteiger partial charge in [0, 0.05) is 49.1 Å². The monoisotopic (exact) mass is 553 g/mol. The molecular formula is C26H24ClN5O5S. The van der Waals surface area contributed by atoms with Crippen molar-refractivity contribution in [1.82, 2.24) is 10.2 Å². The van der Waals surface area contributed by atoms with Gasteiger partial charge in [0.05, 0.1) is 22.7 Å². The first-order valence-corrected chi connectivity index (χ1v) is 12.4. The first-order valence-electron chi connectivity index (χ1n) is 11.6. The summed E-state index contributed by atoms with van der Waals surface area (Å²) in [6.07, 6.45) is 0. The van der Waals surface area contributed by atoms with Gasteiger partial charge in [0.1, 0.15) is 0 Å². The van der Waals surface area contributed by atoms with Gasteiger partial charge in [-0.25, -0.2) is 0 Å². The third kappa shape index (κ3) is 6.18. The van der Waals surface area contributed by atoms with Crippen molar-refractivity contribution in [2.45, 2.75) is 0 Å². The Balaban J connectivity index is 1.34. The van der Waals surface area contributed by atoms with Crippen LogP contribution in [0.1, 0.15) is 20.7 Å². The molecule has 0 radical (unpaired) electrons. The molecule has 0 atom stereocenters. The van der Waals surface area contributed by atoms with Crippen LogP contribution < -0.4 is 20.3 Å². The Kier molecular flexibility index (Phi) is 8.39. The van der Waals surface area contributed by atoms with Crippen molar-refractivity contribution in [2.24, 2.45) is 0 Å². The number of nitro benzene ring substituents is 1. The number of benzene rings is 3. The molecular weight excluding hydrogens is 530 g/mol. The van der Waals surface area contributed by atoms with Crippen LogP contribution in [0.15, 0.2) is 66.7 Å². The lowest BCUT2D eigenvalue weighted by molar-refractivity contribution is -0.385. The molecule has 0 aromatic heterocycles. The van der Waals surface area contributed by atoms with E-state index in [-0.39, 0.29) is 28.0 Å². The minimum absolute atomic E-state index is 0.00493. The second-order valence-electron chi connectivity index (χ2n) is 8.36. The van der Waals surface area contributed by atoms with E-state index in [1.165, 1.54) is 19.2 Å². The van der Waals surface area contributed by atoms with Gasteiger partial charge in [0.2, 0.25) is 0 Å². The second kappa shape index (κ2) is 11.9. The van der Waals surface area contributed by atoms with E-state index >= 15 is 0 Å². The second-order valence-corrected chi connectivity index (χ2v) is 9.18. The van der Waals surface area contributed by atoms with Gasteiger partial charge < -0.3 is 19.9 Å². The standard InChI is InChI=1S/C26H24ClN5O5S/c1-37-23-10-7-18(15-22(23)32(35)36)24(33)29-26(38)28-19-8-9-21(20(27)16-19)30-11-13-31(14-12-30)25(34)17-5-3-2-4-6-17/h2-10,15-16H,11-14H2,1H3,(H2,28,29,33,38). The molecule has 1 aliphatic rings. The van der Waals surface area contributed by atoms with Crippen LogP contribution in [-0.2, 0) is 0 Å². The molecule has 0 unspecified atom stereocenters. The molecule has 1 aliphatic heterocycles. The number of halogens is 1. The number of hydrogen-bond acceptors (Lipinski definition) is 7. The fraction of sp³-hybridized carbons (Fsp3) is 0.192.